The van der Waals surface area contributed by atoms with Gasteiger partial charge in [0.25, 0.3) is 0 Å². The quantitative estimate of drug-likeness (QED) is 0.379. The molecule has 2 rings (SSSR count). The summed E-state index contributed by atoms with van der Waals surface area (Å²) in [5.74, 6) is 0. The van der Waals surface area contributed by atoms with Crippen LogP contribution >= 0.6 is 11.8 Å². The van der Waals surface area contributed by atoms with Crippen LogP contribution in [0.4, 0.5) is 0 Å². The predicted molar refractivity (Wildman–Crippen MR) is 129 cm³/mol. The molecule has 0 spiro atoms. The first kappa shape index (κ1) is 24.8. The highest BCUT2D eigenvalue weighted by Gasteiger charge is 2.51. The fraction of sp³-hybridized carbons (Fsp3) is 0.760. The summed E-state index contributed by atoms with van der Waals surface area (Å²) in [4.78, 5) is 1.40. The van der Waals surface area contributed by atoms with E-state index in [2.05, 4.69) is 102 Å². The number of rotatable bonds is 3. The second-order valence-electron chi connectivity index (χ2n) is 12.6. The standard InChI is InChI=1S/C25H43BO2S/c1-21(2,3)17-14-18(22(4,5)6)20(19(15-17)23(7,8)9)29-16-26-27-24(10,11)25(12,13)28-26/h14-15H,16H2,1-13H3. The molecule has 0 amide bonds. The third-order valence-corrected chi connectivity index (χ3v) is 7.40. The van der Waals surface area contributed by atoms with Crippen LogP contribution in [0.1, 0.15) is 107 Å². The predicted octanol–water partition coefficient (Wildman–Crippen LogP) is 7.30. The minimum atomic E-state index is -0.284. The minimum Gasteiger partial charge on any atom is -0.403 e. The first-order valence-corrected chi connectivity index (χ1v) is 11.9. The van der Waals surface area contributed by atoms with Gasteiger partial charge < -0.3 is 9.31 Å². The SMILES string of the molecule is CC(C)(C)c1cc(C(C)(C)C)c(SCB2OC(C)(C)C(C)(C)O2)c(C(C)(C)C)c1. The lowest BCUT2D eigenvalue weighted by molar-refractivity contribution is 0.00578. The smallest absolute Gasteiger partial charge is 0.403 e. The Bertz CT molecular complexity index is 695. The average Bonchev–Trinajstić information content (AvgIpc) is 2.69. The zero-order valence-corrected chi connectivity index (χ0v) is 22.0. The van der Waals surface area contributed by atoms with Crippen LogP contribution in [0.3, 0.4) is 0 Å². The summed E-state index contributed by atoms with van der Waals surface area (Å²) in [6.07, 6.45) is 0. The Morgan fingerprint density at radius 2 is 1.10 bits per heavy atom. The van der Waals surface area contributed by atoms with Gasteiger partial charge in [-0.05, 0) is 60.6 Å². The fourth-order valence-corrected chi connectivity index (χ4v) is 5.00. The highest BCUT2D eigenvalue weighted by molar-refractivity contribution is 8.00. The van der Waals surface area contributed by atoms with Crippen molar-refractivity contribution in [2.24, 2.45) is 0 Å². The van der Waals surface area contributed by atoms with Crippen molar-refractivity contribution >= 4 is 18.9 Å². The van der Waals surface area contributed by atoms with Gasteiger partial charge in [0.05, 0.1) is 11.2 Å². The average molecular weight is 418 g/mol. The maximum atomic E-state index is 6.27. The molecule has 1 saturated heterocycles. The zero-order chi connectivity index (χ0) is 22.6. The lowest BCUT2D eigenvalue weighted by Gasteiger charge is -2.33. The van der Waals surface area contributed by atoms with E-state index in [0.29, 0.717) is 0 Å². The van der Waals surface area contributed by atoms with E-state index in [1.54, 1.807) is 0 Å². The number of benzene rings is 1. The summed E-state index contributed by atoms with van der Waals surface area (Å²) >= 11 is 1.90. The first-order chi connectivity index (χ1) is 12.8. The molecule has 0 bridgehead atoms. The van der Waals surface area contributed by atoms with E-state index in [1.165, 1.54) is 21.6 Å². The molecule has 0 N–H and O–H groups in total. The molecule has 2 nitrogen and oxygen atoms in total. The molecule has 29 heavy (non-hydrogen) atoms. The second-order valence-corrected chi connectivity index (χ2v) is 13.7. The van der Waals surface area contributed by atoms with E-state index < -0.39 is 0 Å². The van der Waals surface area contributed by atoms with Gasteiger partial charge in [-0.3, -0.25) is 0 Å². The molecular formula is C25H43BO2S. The third-order valence-electron chi connectivity index (χ3n) is 6.24. The number of thioether (sulfide) groups is 1. The highest BCUT2D eigenvalue weighted by atomic mass is 32.2. The molecule has 0 atom stereocenters. The summed E-state index contributed by atoms with van der Waals surface area (Å²) in [5, 5.41) is 0. The molecule has 1 aromatic rings. The van der Waals surface area contributed by atoms with Crippen LogP contribution in [0.25, 0.3) is 0 Å². The Labute approximate surface area is 185 Å². The van der Waals surface area contributed by atoms with E-state index in [0.717, 1.165) is 5.65 Å². The van der Waals surface area contributed by atoms with Crippen molar-refractivity contribution in [3.8, 4) is 0 Å². The van der Waals surface area contributed by atoms with Gasteiger partial charge in [-0.1, -0.05) is 74.4 Å². The lowest BCUT2D eigenvalue weighted by atomic mass is 9.75. The molecule has 1 aliphatic heterocycles. The molecule has 1 heterocycles. The summed E-state index contributed by atoms with van der Waals surface area (Å²) in [6, 6.07) is 4.86. The van der Waals surface area contributed by atoms with Crippen LogP contribution in [-0.4, -0.2) is 24.0 Å². The van der Waals surface area contributed by atoms with Crippen molar-refractivity contribution in [2.45, 2.75) is 122 Å². The van der Waals surface area contributed by atoms with E-state index in [9.17, 15) is 0 Å². The van der Waals surface area contributed by atoms with Crippen LogP contribution in [0.15, 0.2) is 17.0 Å². The molecule has 0 aliphatic carbocycles. The maximum Gasteiger partial charge on any atom is 0.468 e. The number of hydrogen-bond donors (Lipinski definition) is 0. The van der Waals surface area contributed by atoms with Gasteiger partial charge in [0.2, 0.25) is 0 Å². The molecule has 1 fully saturated rings. The van der Waals surface area contributed by atoms with E-state index in [1.807, 2.05) is 11.8 Å². The van der Waals surface area contributed by atoms with Gasteiger partial charge in [-0.25, -0.2) is 0 Å². The van der Waals surface area contributed by atoms with Crippen molar-refractivity contribution < 1.29 is 9.31 Å². The minimum absolute atomic E-state index is 0.0690. The Morgan fingerprint density at radius 3 is 1.41 bits per heavy atom. The van der Waals surface area contributed by atoms with Gasteiger partial charge >= 0.3 is 7.12 Å². The largest absolute Gasteiger partial charge is 0.468 e. The van der Waals surface area contributed by atoms with Crippen molar-refractivity contribution in [1.29, 1.82) is 0 Å². The molecule has 0 unspecified atom stereocenters. The molecule has 1 aliphatic rings. The molecule has 1 aromatic carbocycles. The molecule has 164 valence electrons. The van der Waals surface area contributed by atoms with E-state index in [-0.39, 0.29) is 34.6 Å². The molecule has 0 radical (unpaired) electrons. The fourth-order valence-electron chi connectivity index (χ4n) is 3.52. The van der Waals surface area contributed by atoms with Crippen LogP contribution in [-0.2, 0) is 25.6 Å². The molecule has 0 aromatic heterocycles. The van der Waals surface area contributed by atoms with Gasteiger partial charge in [0, 0.05) is 10.5 Å². The summed E-state index contributed by atoms with van der Waals surface area (Å²) < 4.78 is 12.5. The van der Waals surface area contributed by atoms with Gasteiger partial charge in [0.15, 0.2) is 0 Å². The Morgan fingerprint density at radius 1 is 0.724 bits per heavy atom. The summed E-state index contributed by atoms with van der Waals surface area (Å²) in [5.41, 5.74) is 4.75. The van der Waals surface area contributed by atoms with E-state index >= 15 is 0 Å². The van der Waals surface area contributed by atoms with Gasteiger partial charge in [-0.2, -0.15) is 0 Å². The van der Waals surface area contributed by atoms with Crippen molar-refractivity contribution in [3.05, 3.63) is 28.8 Å². The Kier molecular flexibility index (Phi) is 6.51. The third kappa shape index (κ3) is 5.43. The van der Waals surface area contributed by atoms with Crippen molar-refractivity contribution in [1.82, 2.24) is 0 Å². The van der Waals surface area contributed by atoms with Crippen molar-refractivity contribution in [3.63, 3.8) is 0 Å². The highest BCUT2D eigenvalue weighted by Crippen LogP contribution is 2.44. The van der Waals surface area contributed by atoms with Crippen molar-refractivity contribution in [2.75, 3.05) is 5.65 Å². The lowest BCUT2D eigenvalue weighted by Crippen LogP contribution is -2.41. The summed E-state index contributed by atoms with van der Waals surface area (Å²) in [7, 11) is -0.187. The normalized spacial score (nSPS) is 19.7. The Balaban J connectivity index is 2.50. The zero-order valence-electron chi connectivity index (χ0n) is 21.2. The van der Waals surface area contributed by atoms with Crippen LogP contribution in [0.2, 0.25) is 0 Å². The topological polar surface area (TPSA) is 18.5 Å². The van der Waals surface area contributed by atoms with Crippen LogP contribution < -0.4 is 0 Å². The maximum absolute atomic E-state index is 6.27. The molecule has 0 saturated carbocycles. The second kappa shape index (κ2) is 7.60. The first-order valence-electron chi connectivity index (χ1n) is 10.9. The van der Waals surface area contributed by atoms with Gasteiger partial charge in [-0.15, -0.1) is 11.8 Å². The monoisotopic (exact) mass is 418 g/mol. The van der Waals surface area contributed by atoms with Crippen LogP contribution in [0, 0.1) is 0 Å². The Hall–Kier alpha value is -0.445. The van der Waals surface area contributed by atoms with Gasteiger partial charge in [0.1, 0.15) is 0 Å². The molecular weight excluding hydrogens is 375 g/mol. The van der Waals surface area contributed by atoms with Crippen LogP contribution in [0.5, 0.6) is 0 Å². The number of hydrogen-bond acceptors (Lipinski definition) is 3. The molecule has 4 heteroatoms. The summed E-state index contributed by atoms with van der Waals surface area (Å²) in [6.45, 7) is 29.3. The van der Waals surface area contributed by atoms with E-state index in [4.69, 9.17) is 9.31 Å².